The van der Waals surface area contributed by atoms with Gasteiger partial charge in [0.25, 0.3) is 0 Å². The van der Waals surface area contributed by atoms with Crippen LogP contribution in [0.3, 0.4) is 0 Å². The van der Waals surface area contributed by atoms with E-state index in [1.54, 1.807) is 7.11 Å². The van der Waals surface area contributed by atoms with E-state index in [9.17, 15) is 0 Å². The molecular weight excluding hydrogens is 326 g/mol. The Kier molecular flexibility index (Phi) is 6.62. The van der Waals surface area contributed by atoms with Crippen molar-refractivity contribution in [2.45, 2.75) is 26.7 Å². The van der Waals surface area contributed by atoms with Crippen LogP contribution in [0.2, 0.25) is 0 Å². The first-order valence-electron chi connectivity index (χ1n) is 6.16. The number of benzene rings is 1. The van der Waals surface area contributed by atoms with E-state index >= 15 is 0 Å². The van der Waals surface area contributed by atoms with Crippen molar-refractivity contribution >= 4 is 25.5 Å². The Morgan fingerprint density at radius 2 is 1.65 bits per heavy atom. The van der Waals surface area contributed by atoms with Crippen LogP contribution in [0.15, 0.2) is 24.3 Å². The molecule has 0 fully saturated rings. The van der Waals surface area contributed by atoms with Gasteiger partial charge in [0.05, 0.1) is 0 Å². The van der Waals surface area contributed by atoms with E-state index in [-0.39, 0.29) is 0 Å². The molecule has 0 saturated carbocycles. The molecule has 17 heavy (non-hydrogen) atoms. The molecule has 0 aromatic heterocycles. The molecule has 0 spiro atoms. The molecule has 0 heterocycles. The Morgan fingerprint density at radius 3 is 2.06 bits per heavy atom. The molecule has 0 aliphatic heterocycles. The van der Waals surface area contributed by atoms with Gasteiger partial charge in [-0.2, -0.15) is 0 Å². The first-order valence-corrected chi connectivity index (χ1v) is 7.32. The molecular formula is C14H21NOTe. The molecule has 0 bridgehead atoms. The summed E-state index contributed by atoms with van der Waals surface area (Å²) in [6.07, 6.45) is 2.38. The van der Waals surface area contributed by atoms with Crippen molar-refractivity contribution in [1.29, 1.82) is 0 Å². The van der Waals surface area contributed by atoms with Crippen LogP contribution in [-0.2, 0) is 0 Å². The SMILES string of the molecule is CCCN(CCC)C(=[Te])c1ccc(OC)cc1. The van der Waals surface area contributed by atoms with E-state index in [1.165, 1.54) is 22.1 Å². The first-order chi connectivity index (χ1) is 8.22. The van der Waals surface area contributed by atoms with Crippen molar-refractivity contribution in [3.63, 3.8) is 0 Å². The molecule has 2 nitrogen and oxygen atoms in total. The van der Waals surface area contributed by atoms with E-state index < -0.39 is 0 Å². The van der Waals surface area contributed by atoms with Gasteiger partial charge < -0.3 is 0 Å². The second-order valence-electron chi connectivity index (χ2n) is 4.02. The molecule has 0 unspecified atom stereocenters. The molecule has 0 saturated heterocycles. The topological polar surface area (TPSA) is 12.5 Å². The predicted molar refractivity (Wildman–Crippen MR) is 75.0 cm³/mol. The average molecular weight is 347 g/mol. The van der Waals surface area contributed by atoms with Gasteiger partial charge in [-0.1, -0.05) is 0 Å². The molecule has 94 valence electrons. The molecule has 0 radical (unpaired) electrons. The zero-order chi connectivity index (χ0) is 12.7. The van der Waals surface area contributed by atoms with Crippen LogP contribution < -0.4 is 4.74 Å². The van der Waals surface area contributed by atoms with Crippen LogP contribution in [0, 0.1) is 0 Å². The zero-order valence-electron chi connectivity index (χ0n) is 10.9. The summed E-state index contributed by atoms with van der Waals surface area (Å²) in [5.74, 6) is 0.917. The van der Waals surface area contributed by atoms with E-state index in [0.29, 0.717) is 0 Å². The quantitative estimate of drug-likeness (QED) is 0.703. The minimum absolute atomic E-state index is 0.917. The van der Waals surface area contributed by atoms with Gasteiger partial charge in [-0.15, -0.1) is 0 Å². The number of hydrogen-bond donors (Lipinski definition) is 0. The Balaban J connectivity index is 2.77. The van der Waals surface area contributed by atoms with Gasteiger partial charge in [-0.25, -0.2) is 0 Å². The summed E-state index contributed by atoms with van der Waals surface area (Å²) in [7, 11) is 1.70. The molecule has 3 heteroatoms. The fourth-order valence-corrected chi connectivity index (χ4v) is 2.68. The summed E-state index contributed by atoms with van der Waals surface area (Å²) in [4.78, 5) is 2.46. The fourth-order valence-electron chi connectivity index (χ4n) is 1.77. The predicted octanol–water partition coefficient (Wildman–Crippen LogP) is 2.46. The Hall–Kier alpha value is -0.520. The van der Waals surface area contributed by atoms with Gasteiger partial charge in [0, 0.05) is 0 Å². The molecule has 1 aromatic rings. The molecule has 0 amide bonds. The monoisotopic (exact) mass is 349 g/mol. The average Bonchev–Trinajstić information content (AvgIpc) is 2.38. The van der Waals surface area contributed by atoms with Crippen molar-refractivity contribution in [2.24, 2.45) is 0 Å². The van der Waals surface area contributed by atoms with Crippen molar-refractivity contribution in [3.05, 3.63) is 29.8 Å². The van der Waals surface area contributed by atoms with Gasteiger partial charge in [0.2, 0.25) is 0 Å². The maximum atomic E-state index is 5.18. The third kappa shape index (κ3) is 4.33. The van der Waals surface area contributed by atoms with Gasteiger partial charge in [-0.3, -0.25) is 0 Å². The Bertz CT molecular complexity index is 342. The van der Waals surface area contributed by atoms with E-state index in [1.807, 2.05) is 12.1 Å². The standard InChI is InChI=1S/C14H21NOTe/c1-4-10-15(11-5-2)14(17)12-6-8-13(16-3)9-7-12/h6-9H,4-5,10-11H2,1-3H3. The van der Waals surface area contributed by atoms with Crippen LogP contribution in [0.25, 0.3) is 0 Å². The summed E-state index contributed by atoms with van der Waals surface area (Å²) < 4.78 is 6.55. The zero-order valence-corrected chi connectivity index (χ0v) is 13.2. The number of nitrogens with zero attached hydrogens (tertiary/aromatic N) is 1. The van der Waals surface area contributed by atoms with Gasteiger partial charge >= 0.3 is 118 Å². The number of ether oxygens (including phenoxy) is 1. The third-order valence-electron chi connectivity index (χ3n) is 2.61. The normalized spacial score (nSPS) is 10.1. The van der Waals surface area contributed by atoms with Crippen LogP contribution in [-0.4, -0.2) is 50.6 Å². The second kappa shape index (κ2) is 7.74. The fraction of sp³-hybridized carbons (Fsp3) is 0.500. The van der Waals surface area contributed by atoms with Crippen LogP contribution in [0.5, 0.6) is 5.75 Å². The summed E-state index contributed by atoms with van der Waals surface area (Å²) in [6, 6.07) is 8.32. The van der Waals surface area contributed by atoms with Gasteiger partial charge in [0.1, 0.15) is 0 Å². The van der Waals surface area contributed by atoms with Crippen LogP contribution in [0.1, 0.15) is 32.3 Å². The molecule has 1 rings (SSSR count). The van der Waals surface area contributed by atoms with E-state index in [2.05, 4.69) is 52.7 Å². The summed E-state index contributed by atoms with van der Waals surface area (Å²) in [5, 5.41) is 0. The number of rotatable bonds is 7. The minimum atomic E-state index is 0.917. The first kappa shape index (κ1) is 14.5. The summed E-state index contributed by atoms with van der Waals surface area (Å²) >= 11 is 2.12. The van der Waals surface area contributed by atoms with Crippen molar-refractivity contribution in [1.82, 2.24) is 4.90 Å². The van der Waals surface area contributed by atoms with Gasteiger partial charge in [-0.05, 0) is 0 Å². The van der Waals surface area contributed by atoms with Crippen LogP contribution >= 0.6 is 0 Å². The third-order valence-corrected chi connectivity index (χ3v) is 4.02. The van der Waals surface area contributed by atoms with Crippen LogP contribution in [0.4, 0.5) is 0 Å². The number of hydrogen-bond acceptors (Lipinski definition) is 2. The van der Waals surface area contributed by atoms with E-state index in [0.717, 1.165) is 18.8 Å². The Morgan fingerprint density at radius 1 is 1.12 bits per heavy atom. The molecule has 0 aliphatic carbocycles. The molecule has 0 atom stereocenters. The number of methoxy groups -OCH3 is 1. The maximum absolute atomic E-state index is 5.18. The molecule has 0 N–H and O–H groups in total. The van der Waals surface area contributed by atoms with Crippen molar-refractivity contribution in [3.8, 4) is 5.75 Å². The molecule has 0 aliphatic rings. The second-order valence-corrected chi connectivity index (χ2v) is 5.12. The summed E-state index contributed by atoms with van der Waals surface area (Å²) in [5.41, 5.74) is 1.29. The van der Waals surface area contributed by atoms with Crippen molar-refractivity contribution in [2.75, 3.05) is 20.2 Å². The van der Waals surface area contributed by atoms with Crippen molar-refractivity contribution < 1.29 is 4.74 Å². The summed E-state index contributed by atoms with van der Waals surface area (Å²) in [6.45, 7) is 6.72. The van der Waals surface area contributed by atoms with E-state index in [4.69, 9.17) is 4.74 Å². The van der Waals surface area contributed by atoms with Gasteiger partial charge in [0.15, 0.2) is 0 Å². The Labute approximate surface area is 117 Å². The molecule has 1 aromatic carbocycles.